The number of alkyl halides is 3. The van der Waals surface area contributed by atoms with E-state index in [0.29, 0.717) is 12.3 Å². The summed E-state index contributed by atoms with van der Waals surface area (Å²) >= 11 is 0. The second-order valence-corrected chi connectivity index (χ2v) is 6.49. The summed E-state index contributed by atoms with van der Waals surface area (Å²) in [4.78, 5) is 11.9. The van der Waals surface area contributed by atoms with Gasteiger partial charge >= 0.3 is 12.2 Å². The van der Waals surface area contributed by atoms with Gasteiger partial charge in [-0.3, -0.25) is 0 Å². The van der Waals surface area contributed by atoms with E-state index in [4.69, 9.17) is 9.47 Å². The van der Waals surface area contributed by atoms with Crippen LogP contribution >= 0.6 is 0 Å². The molecule has 32 heavy (non-hydrogen) atoms. The van der Waals surface area contributed by atoms with E-state index in [1.54, 1.807) is 12.1 Å². The number of benzene rings is 2. The van der Waals surface area contributed by atoms with Crippen molar-refractivity contribution in [1.82, 2.24) is 15.5 Å². The average Bonchev–Trinajstić information content (AvgIpc) is 2.78. The molecule has 0 radical (unpaired) electrons. The van der Waals surface area contributed by atoms with Crippen LogP contribution in [0.1, 0.15) is 12.5 Å². The maximum atomic E-state index is 13.0. The van der Waals surface area contributed by atoms with Gasteiger partial charge in [-0.15, -0.1) is 10.2 Å². The fourth-order valence-electron chi connectivity index (χ4n) is 2.77. The molecular weight excluding hydrogens is 425 g/mol. The lowest BCUT2D eigenvalue weighted by Gasteiger charge is -2.14. The van der Waals surface area contributed by atoms with Gasteiger partial charge < -0.3 is 20.1 Å². The lowest BCUT2D eigenvalue weighted by atomic mass is 10.1. The minimum absolute atomic E-state index is 0.0579. The van der Waals surface area contributed by atoms with Crippen molar-refractivity contribution in [3.8, 4) is 22.9 Å². The number of halogens is 3. The second-order valence-electron chi connectivity index (χ2n) is 6.49. The Balaban J connectivity index is 1.45. The number of aromatic nitrogens is 2. The number of rotatable bonds is 8. The van der Waals surface area contributed by atoms with E-state index in [-0.39, 0.29) is 24.7 Å². The van der Waals surface area contributed by atoms with E-state index in [0.717, 1.165) is 17.4 Å². The number of para-hydroxylation sites is 1. The molecule has 1 aromatic heterocycles. The van der Waals surface area contributed by atoms with Crippen LogP contribution in [-0.4, -0.2) is 36.0 Å². The minimum Gasteiger partial charge on any atom is -0.494 e. The van der Waals surface area contributed by atoms with Crippen LogP contribution in [0.4, 0.5) is 23.7 Å². The van der Waals surface area contributed by atoms with Crippen LogP contribution in [0.5, 0.6) is 11.6 Å². The Morgan fingerprint density at radius 2 is 1.72 bits per heavy atom. The number of nitrogens with one attached hydrogen (secondary N) is 2. The Bertz CT molecular complexity index is 1030. The molecule has 0 spiro atoms. The van der Waals surface area contributed by atoms with Crippen LogP contribution in [0.2, 0.25) is 0 Å². The zero-order chi connectivity index (χ0) is 23.0. The number of nitrogens with zero attached hydrogens (tertiary/aromatic N) is 2. The van der Waals surface area contributed by atoms with E-state index in [1.165, 1.54) is 18.2 Å². The molecule has 2 amide bonds. The van der Waals surface area contributed by atoms with Gasteiger partial charge in [-0.1, -0.05) is 12.1 Å². The van der Waals surface area contributed by atoms with Gasteiger partial charge in [-0.2, -0.15) is 13.2 Å². The van der Waals surface area contributed by atoms with Crippen LogP contribution in [0.3, 0.4) is 0 Å². The minimum atomic E-state index is -4.57. The second kappa shape index (κ2) is 10.5. The highest BCUT2D eigenvalue weighted by atomic mass is 19.4. The van der Waals surface area contributed by atoms with E-state index in [1.807, 2.05) is 31.2 Å². The summed E-state index contributed by atoms with van der Waals surface area (Å²) in [5.74, 6) is 1.02. The van der Waals surface area contributed by atoms with Crippen LogP contribution in [0, 0.1) is 0 Å². The Morgan fingerprint density at radius 3 is 2.38 bits per heavy atom. The van der Waals surface area contributed by atoms with Crippen LogP contribution in [-0.2, 0) is 6.18 Å². The number of carbonyl (C=O) groups is 1. The molecule has 2 N–H and O–H groups in total. The monoisotopic (exact) mass is 446 g/mol. The van der Waals surface area contributed by atoms with Crippen molar-refractivity contribution in [3.63, 3.8) is 0 Å². The molecule has 0 aliphatic carbocycles. The van der Waals surface area contributed by atoms with Crippen molar-refractivity contribution in [2.75, 3.05) is 25.1 Å². The lowest BCUT2D eigenvalue weighted by Crippen LogP contribution is -2.32. The maximum Gasteiger partial charge on any atom is 0.418 e. The molecule has 2 aromatic carbocycles. The molecule has 10 heteroatoms. The molecular formula is C22H21F3N4O3. The third kappa shape index (κ3) is 6.34. The van der Waals surface area contributed by atoms with Crippen molar-refractivity contribution in [2.24, 2.45) is 0 Å². The normalized spacial score (nSPS) is 11.0. The first-order valence-corrected chi connectivity index (χ1v) is 9.77. The third-order valence-corrected chi connectivity index (χ3v) is 4.22. The van der Waals surface area contributed by atoms with E-state index < -0.39 is 17.8 Å². The molecule has 1 heterocycles. The lowest BCUT2D eigenvalue weighted by molar-refractivity contribution is -0.136. The number of hydrogen-bond donors (Lipinski definition) is 2. The van der Waals surface area contributed by atoms with Gasteiger partial charge in [0.25, 0.3) is 0 Å². The smallest absolute Gasteiger partial charge is 0.418 e. The molecule has 0 bridgehead atoms. The van der Waals surface area contributed by atoms with Crippen molar-refractivity contribution in [2.45, 2.75) is 13.1 Å². The SMILES string of the molecule is CCOc1ccc(-c2ccc(OCCNC(=O)Nc3ccccc3C(F)(F)F)nn2)cc1. The summed E-state index contributed by atoms with van der Waals surface area (Å²) in [5.41, 5.74) is 0.273. The fourth-order valence-corrected chi connectivity index (χ4v) is 2.77. The summed E-state index contributed by atoms with van der Waals surface area (Å²) in [5, 5.41) is 12.7. The van der Waals surface area contributed by atoms with Gasteiger partial charge in [0, 0.05) is 11.6 Å². The largest absolute Gasteiger partial charge is 0.494 e. The average molecular weight is 446 g/mol. The molecule has 3 aromatic rings. The number of ether oxygens (including phenoxy) is 2. The van der Waals surface area contributed by atoms with Crippen LogP contribution in [0.25, 0.3) is 11.3 Å². The molecule has 0 unspecified atom stereocenters. The van der Waals surface area contributed by atoms with E-state index in [9.17, 15) is 18.0 Å². The number of amides is 2. The molecule has 0 atom stereocenters. The number of anilines is 1. The number of urea groups is 1. The molecule has 0 aliphatic rings. The Kier molecular flexibility index (Phi) is 7.48. The Morgan fingerprint density at radius 1 is 0.969 bits per heavy atom. The van der Waals surface area contributed by atoms with E-state index >= 15 is 0 Å². The third-order valence-electron chi connectivity index (χ3n) is 4.22. The van der Waals surface area contributed by atoms with Gasteiger partial charge in [-0.25, -0.2) is 4.79 Å². The Labute approximate surface area is 182 Å². The first kappa shape index (κ1) is 22.9. The molecule has 0 fully saturated rings. The first-order chi connectivity index (χ1) is 15.4. The quantitative estimate of drug-likeness (QED) is 0.488. The maximum absolute atomic E-state index is 13.0. The summed E-state index contributed by atoms with van der Waals surface area (Å²) in [6.07, 6.45) is -4.57. The van der Waals surface area contributed by atoms with Gasteiger partial charge in [0.1, 0.15) is 12.4 Å². The summed E-state index contributed by atoms with van der Waals surface area (Å²) < 4.78 is 49.7. The van der Waals surface area contributed by atoms with Crippen LogP contribution < -0.4 is 20.1 Å². The zero-order valence-electron chi connectivity index (χ0n) is 17.1. The zero-order valence-corrected chi connectivity index (χ0v) is 17.1. The predicted octanol–water partition coefficient (Wildman–Crippen LogP) is 4.76. The molecule has 0 saturated heterocycles. The van der Waals surface area contributed by atoms with Gasteiger partial charge in [-0.05, 0) is 49.4 Å². The van der Waals surface area contributed by atoms with Crippen molar-refractivity contribution in [3.05, 3.63) is 66.2 Å². The molecule has 7 nitrogen and oxygen atoms in total. The number of carbonyl (C=O) groups excluding carboxylic acids is 1. The van der Waals surface area contributed by atoms with Crippen molar-refractivity contribution in [1.29, 1.82) is 0 Å². The van der Waals surface area contributed by atoms with Gasteiger partial charge in [0.2, 0.25) is 5.88 Å². The highest BCUT2D eigenvalue weighted by Crippen LogP contribution is 2.34. The summed E-state index contributed by atoms with van der Waals surface area (Å²) in [7, 11) is 0. The molecule has 3 rings (SSSR count). The predicted molar refractivity (Wildman–Crippen MR) is 113 cm³/mol. The highest BCUT2D eigenvalue weighted by Gasteiger charge is 2.33. The molecule has 0 aliphatic heterocycles. The van der Waals surface area contributed by atoms with Crippen molar-refractivity contribution >= 4 is 11.7 Å². The van der Waals surface area contributed by atoms with Gasteiger partial charge in [0.15, 0.2) is 0 Å². The topological polar surface area (TPSA) is 85.4 Å². The fraction of sp³-hybridized carbons (Fsp3) is 0.227. The van der Waals surface area contributed by atoms with Gasteiger partial charge in [0.05, 0.1) is 30.1 Å². The van der Waals surface area contributed by atoms with Crippen LogP contribution in [0.15, 0.2) is 60.7 Å². The first-order valence-electron chi connectivity index (χ1n) is 9.77. The summed E-state index contributed by atoms with van der Waals surface area (Å²) in [6, 6.07) is 14.8. The Hall–Kier alpha value is -3.82. The van der Waals surface area contributed by atoms with Crippen molar-refractivity contribution < 1.29 is 27.4 Å². The summed E-state index contributed by atoms with van der Waals surface area (Å²) in [6.45, 7) is 2.61. The highest BCUT2D eigenvalue weighted by molar-refractivity contribution is 5.90. The standard InChI is InChI=1S/C22H21F3N4O3/c1-2-31-16-9-7-15(8-10-16)18-11-12-20(29-28-18)32-14-13-26-21(30)27-19-6-4-3-5-17(19)22(23,24)25/h3-12H,2,13-14H2,1H3,(H2,26,27,30). The molecule has 168 valence electrons. The number of hydrogen-bond acceptors (Lipinski definition) is 5. The molecule has 0 saturated carbocycles. The van der Waals surface area contributed by atoms with E-state index in [2.05, 4.69) is 20.8 Å².